The van der Waals surface area contributed by atoms with Gasteiger partial charge in [0.15, 0.2) is 0 Å². The Labute approximate surface area is 131 Å². The molecule has 0 N–H and O–H groups in total. The third-order valence-electron chi connectivity index (χ3n) is 5.05. The van der Waals surface area contributed by atoms with Crippen LogP contribution in [0.5, 0.6) is 0 Å². The first kappa shape index (κ1) is 15.0. The van der Waals surface area contributed by atoms with Gasteiger partial charge in [-0.2, -0.15) is 0 Å². The summed E-state index contributed by atoms with van der Waals surface area (Å²) in [5, 5.41) is 3.24. The molecule has 0 aromatic carbocycles. The van der Waals surface area contributed by atoms with Crippen LogP contribution in [0.3, 0.4) is 0 Å². The first-order valence-electron chi connectivity index (χ1n) is 8.44. The van der Waals surface area contributed by atoms with Crippen molar-refractivity contribution >= 4 is 17.2 Å². The number of amides is 1. The zero-order chi connectivity index (χ0) is 14.7. The summed E-state index contributed by atoms with van der Waals surface area (Å²) in [6.45, 7) is 3.03. The molecule has 0 bridgehead atoms. The van der Waals surface area contributed by atoms with E-state index in [9.17, 15) is 4.79 Å². The summed E-state index contributed by atoms with van der Waals surface area (Å²) in [5.41, 5.74) is 1.15. The Morgan fingerprint density at radius 1 is 1.33 bits per heavy atom. The highest BCUT2D eigenvalue weighted by molar-refractivity contribution is 7.09. The fourth-order valence-electron chi connectivity index (χ4n) is 4.02. The molecule has 1 atom stereocenters. The summed E-state index contributed by atoms with van der Waals surface area (Å²) < 4.78 is 0. The van der Waals surface area contributed by atoms with E-state index in [1.54, 1.807) is 11.3 Å². The first-order chi connectivity index (χ1) is 10.2. The summed E-state index contributed by atoms with van der Waals surface area (Å²) in [4.78, 5) is 19.2. The zero-order valence-corrected chi connectivity index (χ0v) is 13.8. The van der Waals surface area contributed by atoms with Crippen molar-refractivity contribution in [3.8, 4) is 0 Å². The van der Waals surface area contributed by atoms with Crippen molar-refractivity contribution in [3.63, 3.8) is 0 Å². The molecular formula is C17H26N2OS. The van der Waals surface area contributed by atoms with Crippen molar-refractivity contribution in [1.82, 2.24) is 9.88 Å². The molecule has 4 heteroatoms. The Balaban J connectivity index is 1.47. The van der Waals surface area contributed by atoms with Gasteiger partial charge < -0.3 is 4.90 Å². The van der Waals surface area contributed by atoms with E-state index in [4.69, 9.17) is 0 Å². The van der Waals surface area contributed by atoms with Gasteiger partial charge in [-0.1, -0.05) is 12.8 Å². The molecule has 1 saturated heterocycles. The summed E-state index contributed by atoms with van der Waals surface area (Å²) in [7, 11) is 0. The summed E-state index contributed by atoms with van der Waals surface area (Å²) in [6.07, 6.45) is 10.4. The predicted octanol–water partition coefficient (Wildman–Crippen LogP) is 3.96. The van der Waals surface area contributed by atoms with Crippen LogP contribution >= 0.6 is 11.3 Å². The average Bonchev–Trinajstić information content (AvgIpc) is 3.19. The normalized spacial score (nSPS) is 23.1. The third-order valence-corrected chi connectivity index (χ3v) is 5.88. The molecule has 2 fully saturated rings. The van der Waals surface area contributed by atoms with E-state index >= 15 is 0 Å². The van der Waals surface area contributed by atoms with Gasteiger partial charge in [-0.05, 0) is 51.4 Å². The van der Waals surface area contributed by atoms with Gasteiger partial charge in [-0.25, -0.2) is 4.98 Å². The van der Waals surface area contributed by atoms with Gasteiger partial charge in [0.05, 0.1) is 10.7 Å². The van der Waals surface area contributed by atoms with E-state index in [0.29, 0.717) is 18.4 Å². The van der Waals surface area contributed by atoms with Gasteiger partial charge in [0, 0.05) is 24.4 Å². The molecule has 21 heavy (non-hydrogen) atoms. The van der Waals surface area contributed by atoms with Crippen LogP contribution < -0.4 is 0 Å². The number of carbonyl (C=O) groups excluding carboxylic acids is 1. The summed E-state index contributed by atoms with van der Waals surface area (Å²) in [5.74, 6) is 1.17. The molecule has 0 spiro atoms. The van der Waals surface area contributed by atoms with Crippen LogP contribution in [0.25, 0.3) is 0 Å². The fraction of sp³-hybridized carbons (Fsp3) is 0.765. The van der Waals surface area contributed by atoms with Crippen molar-refractivity contribution in [3.05, 3.63) is 16.1 Å². The van der Waals surface area contributed by atoms with Crippen molar-refractivity contribution in [2.45, 2.75) is 70.8 Å². The molecule has 1 aromatic rings. The molecular weight excluding hydrogens is 280 g/mol. The standard InChI is InChI=1S/C17H26N2OS/c1-13-18-15(12-21-13)8-4-10-17(20)19-11-5-9-16(19)14-6-2-3-7-14/h12,14,16H,2-11H2,1H3/t16-/m0/s1. The third kappa shape index (κ3) is 3.65. The maximum atomic E-state index is 12.5. The van der Waals surface area contributed by atoms with Crippen LogP contribution in [-0.2, 0) is 11.2 Å². The van der Waals surface area contributed by atoms with Gasteiger partial charge in [0.25, 0.3) is 0 Å². The zero-order valence-electron chi connectivity index (χ0n) is 13.0. The van der Waals surface area contributed by atoms with E-state index < -0.39 is 0 Å². The number of nitrogens with zero attached hydrogens (tertiary/aromatic N) is 2. The number of thiazole rings is 1. The number of carbonyl (C=O) groups is 1. The Morgan fingerprint density at radius 2 is 2.14 bits per heavy atom. The molecule has 1 aromatic heterocycles. The largest absolute Gasteiger partial charge is 0.339 e. The number of rotatable bonds is 5. The second-order valence-electron chi connectivity index (χ2n) is 6.55. The topological polar surface area (TPSA) is 33.2 Å². The van der Waals surface area contributed by atoms with Crippen LogP contribution in [0.2, 0.25) is 0 Å². The first-order valence-corrected chi connectivity index (χ1v) is 9.32. The number of hydrogen-bond donors (Lipinski definition) is 0. The van der Waals surface area contributed by atoms with Crippen molar-refractivity contribution < 1.29 is 4.79 Å². The lowest BCUT2D eigenvalue weighted by Crippen LogP contribution is -2.39. The molecule has 2 aliphatic rings. The molecule has 2 heterocycles. The van der Waals surface area contributed by atoms with Gasteiger partial charge in [-0.15, -0.1) is 11.3 Å². The maximum absolute atomic E-state index is 12.5. The van der Waals surface area contributed by atoms with Crippen LogP contribution in [0.1, 0.15) is 62.1 Å². The van der Waals surface area contributed by atoms with Gasteiger partial charge in [0.2, 0.25) is 5.91 Å². The number of aromatic nitrogens is 1. The minimum atomic E-state index is 0.386. The van der Waals surface area contributed by atoms with Crippen LogP contribution in [0, 0.1) is 12.8 Å². The maximum Gasteiger partial charge on any atom is 0.222 e. The minimum absolute atomic E-state index is 0.386. The van der Waals surface area contributed by atoms with Gasteiger partial charge in [0.1, 0.15) is 0 Å². The van der Waals surface area contributed by atoms with Crippen molar-refractivity contribution in [2.24, 2.45) is 5.92 Å². The predicted molar refractivity (Wildman–Crippen MR) is 86.5 cm³/mol. The second-order valence-corrected chi connectivity index (χ2v) is 7.61. The lowest BCUT2D eigenvalue weighted by atomic mass is 9.96. The van der Waals surface area contributed by atoms with E-state index in [1.807, 2.05) is 6.92 Å². The van der Waals surface area contributed by atoms with Crippen LogP contribution in [-0.4, -0.2) is 28.4 Å². The molecule has 1 saturated carbocycles. The Morgan fingerprint density at radius 3 is 2.86 bits per heavy atom. The molecule has 1 aliphatic heterocycles. The molecule has 1 amide bonds. The highest BCUT2D eigenvalue weighted by atomic mass is 32.1. The molecule has 3 rings (SSSR count). The average molecular weight is 306 g/mol. The Kier molecular flexibility index (Phi) is 4.94. The second kappa shape index (κ2) is 6.91. The molecule has 0 unspecified atom stereocenters. The fourth-order valence-corrected chi connectivity index (χ4v) is 4.67. The van der Waals surface area contributed by atoms with E-state index in [2.05, 4.69) is 15.3 Å². The molecule has 116 valence electrons. The minimum Gasteiger partial charge on any atom is -0.339 e. The van der Waals surface area contributed by atoms with Crippen LogP contribution in [0.15, 0.2) is 5.38 Å². The van der Waals surface area contributed by atoms with E-state index in [1.165, 1.54) is 38.5 Å². The Hall–Kier alpha value is -0.900. The highest BCUT2D eigenvalue weighted by Crippen LogP contribution is 2.35. The molecule has 3 nitrogen and oxygen atoms in total. The number of likely N-dealkylation sites (tertiary alicyclic amines) is 1. The SMILES string of the molecule is Cc1nc(CCCC(=O)N2CCC[C@H]2C2CCCC2)cs1. The van der Waals surface area contributed by atoms with Crippen molar-refractivity contribution in [2.75, 3.05) is 6.54 Å². The Bertz CT molecular complexity index is 479. The van der Waals surface area contributed by atoms with Crippen molar-refractivity contribution in [1.29, 1.82) is 0 Å². The lowest BCUT2D eigenvalue weighted by Gasteiger charge is -2.29. The molecule has 0 radical (unpaired) electrons. The number of hydrogen-bond acceptors (Lipinski definition) is 3. The van der Waals surface area contributed by atoms with Gasteiger partial charge in [-0.3, -0.25) is 4.79 Å². The summed E-state index contributed by atoms with van der Waals surface area (Å²) in [6, 6.07) is 0.557. The quantitative estimate of drug-likeness (QED) is 0.825. The lowest BCUT2D eigenvalue weighted by molar-refractivity contribution is -0.133. The number of aryl methyl sites for hydroxylation is 2. The monoisotopic (exact) mass is 306 g/mol. The molecule has 1 aliphatic carbocycles. The van der Waals surface area contributed by atoms with Crippen LogP contribution in [0.4, 0.5) is 0 Å². The van der Waals surface area contributed by atoms with E-state index in [0.717, 1.165) is 36.0 Å². The summed E-state index contributed by atoms with van der Waals surface area (Å²) >= 11 is 1.70. The van der Waals surface area contributed by atoms with E-state index in [-0.39, 0.29) is 0 Å². The smallest absolute Gasteiger partial charge is 0.222 e. The van der Waals surface area contributed by atoms with Gasteiger partial charge >= 0.3 is 0 Å². The highest BCUT2D eigenvalue weighted by Gasteiger charge is 2.35.